The molecule has 15 heteroatoms. The number of phenolic OH excluding ortho intramolecular Hbond substituents is 1. The van der Waals surface area contributed by atoms with E-state index in [1.165, 1.54) is 19.8 Å². The Labute approximate surface area is 365 Å². The molecule has 0 aliphatic carbocycles. The van der Waals surface area contributed by atoms with Crippen molar-refractivity contribution in [1.82, 2.24) is 30.7 Å². The van der Waals surface area contributed by atoms with Gasteiger partial charge < -0.3 is 37.0 Å². The summed E-state index contributed by atoms with van der Waals surface area (Å²) >= 11 is 0. The molecular formula is C47H65N9O6. The van der Waals surface area contributed by atoms with E-state index in [2.05, 4.69) is 36.0 Å². The number of aromatic hydroxyl groups is 1. The van der Waals surface area contributed by atoms with E-state index in [1.807, 2.05) is 42.5 Å². The number of piperazine rings is 1. The number of piperidine rings is 1. The number of anilines is 3. The lowest BCUT2D eigenvalue weighted by molar-refractivity contribution is -0.131. The van der Waals surface area contributed by atoms with E-state index in [1.54, 1.807) is 35.2 Å². The maximum atomic E-state index is 13.9. The SMILES string of the molecule is CC(=O)N[C@@H](CCCCN)C(=O)N[C@@H](Cc1ccc(O)cc1)C(=O)NCCN1CCN(CCCCC2CCN(CC(=O)N3c4ccccc4NC(=O)c4ccccc43)CC2)CC1. The Morgan fingerprint density at radius 1 is 0.758 bits per heavy atom. The van der Waals surface area contributed by atoms with Crippen LogP contribution >= 0.6 is 0 Å². The number of phenols is 1. The summed E-state index contributed by atoms with van der Waals surface area (Å²) in [6.45, 7) is 9.93. The van der Waals surface area contributed by atoms with Gasteiger partial charge in [-0.1, -0.05) is 49.2 Å². The fourth-order valence-corrected chi connectivity index (χ4v) is 8.74. The summed E-state index contributed by atoms with van der Waals surface area (Å²) in [6.07, 6.45) is 7.72. The quantitative estimate of drug-likeness (QED) is 0.0916. The first kappa shape index (κ1) is 46.2. The van der Waals surface area contributed by atoms with Crippen molar-refractivity contribution in [2.45, 2.75) is 76.8 Å². The number of fused-ring (bicyclic) bond motifs is 2. The molecule has 7 N–H and O–H groups in total. The van der Waals surface area contributed by atoms with Gasteiger partial charge in [0.05, 0.1) is 29.2 Å². The summed E-state index contributed by atoms with van der Waals surface area (Å²) < 4.78 is 0. The average molecular weight is 852 g/mol. The topological polar surface area (TPSA) is 193 Å². The van der Waals surface area contributed by atoms with Crippen molar-refractivity contribution in [3.8, 4) is 5.75 Å². The monoisotopic (exact) mass is 852 g/mol. The van der Waals surface area contributed by atoms with E-state index < -0.39 is 18.0 Å². The van der Waals surface area contributed by atoms with Crippen LogP contribution in [0.25, 0.3) is 0 Å². The van der Waals surface area contributed by atoms with E-state index in [9.17, 15) is 29.1 Å². The summed E-state index contributed by atoms with van der Waals surface area (Å²) in [5, 5.41) is 21.3. The molecule has 3 aromatic rings. The maximum absolute atomic E-state index is 13.9. The second-order valence-corrected chi connectivity index (χ2v) is 16.9. The van der Waals surface area contributed by atoms with Crippen molar-refractivity contribution >= 4 is 46.6 Å². The molecule has 3 heterocycles. The second-order valence-electron chi connectivity index (χ2n) is 16.9. The molecule has 3 aromatic carbocycles. The largest absolute Gasteiger partial charge is 0.508 e. The molecule has 3 aliphatic rings. The number of nitrogens with two attached hydrogens (primary N) is 1. The first-order valence-electron chi connectivity index (χ1n) is 22.4. The van der Waals surface area contributed by atoms with Gasteiger partial charge in [0, 0.05) is 52.6 Å². The molecule has 62 heavy (non-hydrogen) atoms. The Hall–Kier alpha value is -5.35. The van der Waals surface area contributed by atoms with Gasteiger partial charge >= 0.3 is 0 Å². The minimum Gasteiger partial charge on any atom is -0.508 e. The third-order valence-electron chi connectivity index (χ3n) is 12.3. The first-order chi connectivity index (χ1) is 30.1. The van der Waals surface area contributed by atoms with Crippen LogP contribution in [0.4, 0.5) is 17.1 Å². The molecule has 0 spiro atoms. The number of amides is 5. The summed E-state index contributed by atoms with van der Waals surface area (Å²) in [4.78, 5) is 74.3. The van der Waals surface area contributed by atoms with Crippen LogP contribution in [0.15, 0.2) is 72.8 Å². The number of likely N-dealkylation sites (tertiary alicyclic amines) is 1. The van der Waals surface area contributed by atoms with Gasteiger partial charge in [-0.25, -0.2) is 0 Å². The Morgan fingerprint density at radius 3 is 2.15 bits per heavy atom. The Balaban J connectivity index is 0.875. The molecule has 15 nitrogen and oxygen atoms in total. The number of nitrogens with one attached hydrogen (secondary N) is 4. The van der Waals surface area contributed by atoms with Gasteiger partial charge in [-0.2, -0.15) is 0 Å². The van der Waals surface area contributed by atoms with Crippen molar-refractivity contribution < 1.29 is 29.1 Å². The molecule has 2 fully saturated rings. The number of hydrogen-bond donors (Lipinski definition) is 6. The number of nitrogens with zero attached hydrogens (tertiary/aromatic N) is 4. The third-order valence-corrected chi connectivity index (χ3v) is 12.3. The Bertz CT molecular complexity index is 1960. The van der Waals surface area contributed by atoms with Gasteiger partial charge in [-0.3, -0.25) is 38.7 Å². The molecule has 2 saturated heterocycles. The van der Waals surface area contributed by atoms with E-state index in [0.717, 1.165) is 77.1 Å². The van der Waals surface area contributed by atoms with Crippen LogP contribution in [0.3, 0.4) is 0 Å². The van der Waals surface area contributed by atoms with E-state index >= 15 is 0 Å². The lowest BCUT2D eigenvalue weighted by atomic mass is 9.91. The van der Waals surface area contributed by atoms with Gasteiger partial charge in [0.2, 0.25) is 23.6 Å². The van der Waals surface area contributed by atoms with Crippen LogP contribution in [0.5, 0.6) is 5.75 Å². The van der Waals surface area contributed by atoms with Gasteiger partial charge in [0.1, 0.15) is 17.8 Å². The fraction of sp³-hybridized carbons (Fsp3) is 0.511. The van der Waals surface area contributed by atoms with Gasteiger partial charge in [0.25, 0.3) is 5.91 Å². The highest BCUT2D eigenvalue weighted by Gasteiger charge is 2.31. The zero-order valence-corrected chi connectivity index (χ0v) is 36.2. The lowest BCUT2D eigenvalue weighted by Gasteiger charge is -2.35. The highest BCUT2D eigenvalue weighted by molar-refractivity contribution is 6.18. The summed E-state index contributed by atoms with van der Waals surface area (Å²) in [5.74, 6) is -0.508. The van der Waals surface area contributed by atoms with Crippen LogP contribution in [0.1, 0.15) is 74.2 Å². The molecule has 334 valence electrons. The molecule has 3 aliphatic heterocycles. The average Bonchev–Trinajstić information content (AvgIpc) is 3.39. The zero-order chi connectivity index (χ0) is 43.8. The Morgan fingerprint density at radius 2 is 1.44 bits per heavy atom. The Kier molecular flexibility index (Phi) is 17.3. The number of rotatable bonds is 20. The van der Waals surface area contributed by atoms with Crippen molar-refractivity contribution in [2.24, 2.45) is 11.7 Å². The molecule has 0 radical (unpaired) electrons. The second kappa shape index (κ2) is 23.2. The third kappa shape index (κ3) is 13.3. The molecule has 5 amide bonds. The summed E-state index contributed by atoms with van der Waals surface area (Å²) in [5.41, 5.74) is 8.84. The predicted octanol–water partition coefficient (Wildman–Crippen LogP) is 3.60. The number of benzene rings is 3. The maximum Gasteiger partial charge on any atom is 0.257 e. The molecule has 0 unspecified atom stereocenters. The standard InChI is InChI=1S/C47H65N9O6/c1-34(57)50-40(13-6-8-22-48)47(62)52-41(32-36-16-18-37(58)19-17-36)46(61)49-23-27-54-30-28-53(29-31-54)24-9-7-10-35-20-25-55(26-21-35)33-44(59)56-42-14-4-2-11-38(42)45(60)51-39-12-3-5-15-43(39)56/h2-5,11-12,14-19,35,40-41,58H,6-10,13,20-33,48H2,1H3,(H,49,61)(H,50,57)(H,51,60)(H,52,62)/t40-,41-/m0/s1. The predicted molar refractivity (Wildman–Crippen MR) is 241 cm³/mol. The zero-order valence-electron chi connectivity index (χ0n) is 36.2. The van der Waals surface area contributed by atoms with Crippen molar-refractivity contribution in [2.75, 3.05) is 82.2 Å². The van der Waals surface area contributed by atoms with E-state index in [4.69, 9.17) is 5.73 Å². The van der Waals surface area contributed by atoms with Crippen LogP contribution < -0.4 is 31.9 Å². The molecule has 6 rings (SSSR count). The number of hydrogen-bond acceptors (Lipinski definition) is 10. The molecule has 0 saturated carbocycles. The normalized spacial score (nSPS) is 17.2. The molecular weight excluding hydrogens is 787 g/mol. The minimum atomic E-state index is -0.856. The minimum absolute atomic E-state index is 0.0370. The van der Waals surface area contributed by atoms with Gasteiger partial charge in [-0.05, 0) is 113 Å². The fourth-order valence-electron chi connectivity index (χ4n) is 8.74. The van der Waals surface area contributed by atoms with Crippen LogP contribution in [-0.4, -0.2) is 133 Å². The van der Waals surface area contributed by atoms with Crippen LogP contribution in [-0.2, 0) is 25.6 Å². The summed E-state index contributed by atoms with van der Waals surface area (Å²) in [6, 6.07) is 19.7. The van der Waals surface area contributed by atoms with E-state index in [0.29, 0.717) is 67.6 Å². The lowest BCUT2D eigenvalue weighted by Crippen LogP contribution is -2.55. The van der Waals surface area contributed by atoms with Gasteiger partial charge in [0.15, 0.2) is 0 Å². The smallest absolute Gasteiger partial charge is 0.257 e. The van der Waals surface area contributed by atoms with Crippen LogP contribution in [0, 0.1) is 5.92 Å². The highest BCUT2D eigenvalue weighted by Crippen LogP contribution is 2.38. The molecule has 2 atom stereocenters. The number of para-hydroxylation sites is 3. The van der Waals surface area contributed by atoms with Crippen molar-refractivity contribution in [3.05, 3.63) is 83.9 Å². The number of unbranched alkanes of at least 4 members (excludes halogenated alkanes) is 2. The highest BCUT2D eigenvalue weighted by atomic mass is 16.3. The molecule has 0 bridgehead atoms. The van der Waals surface area contributed by atoms with E-state index in [-0.39, 0.29) is 35.8 Å². The van der Waals surface area contributed by atoms with Crippen molar-refractivity contribution in [3.63, 3.8) is 0 Å². The number of carbonyl (C=O) groups excluding carboxylic acids is 5. The first-order valence-corrected chi connectivity index (χ1v) is 22.4. The van der Waals surface area contributed by atoms with Crippen molar-refractivity contribution in [1.29, 1.82) is 0 Å². The van der Waals surface area contributed by atoms with Gasteiger partial charge in [-0.15, -0.1) is 0 Å². The van der Waals surface area contributed by atoms with Crippen LogP contribution in [0.2, 0.25) is 0 Å². The number of carbonyl (C=O) groups is 5. The summed E-state index contributed by atoms with van der Waals surface area (Å²) in [7, 11) is 0. The molecule has 0 aromatic heterocycles.